The van der Waals surface area contributed by atoms with Gasteiger partial charge in [0.05, 0.1) is 12.6 Å². The highest BCUT2D eigenvalue weighted by Crippen LogP contribution is 2.28. The first-order valence-corrected chi connectivity index (χ1v) is 8.14. The summed E-state index contributed by atoms with van der Waals surface area (Å²) in [6.07, 6.45) is 2.42. The molecular weight excluding hydrogens is 280 g/mol. The standard InChI is InChI=1S/C16H30N4O2/c1-16(2,3)13(22-5)10-18-15(17-4)19-8-9-20(12-6-7-12)14(21)11-19/h12-13H,6-11H2,1-5H3,(H,17,18). The summed E-state index contributed by atoms with van der Waals surface area (Å²) in [5, 5.41) is 3.36. The van der Waals surface area contributed by atoms with Crippen molar-refractivity contribution in [3.05, 3.63) is 0 Å². The Kier molecular flexibility index (Phi) is 5.32. The number of hydrogen-bond donors (Lipinski definition) is 1. The predicted octanol–water partition coefficient (Wildman–Crippen LogP) is 0.929. The van der Waals surface area contributed by atoms with Gasteiger partial charge in [-0.3, -0.25) is 9.79 Å². The number of methoxy groups -OCH3 is 1. The smallest absolute Gasteiger partial charge is 0.242 e. The van der Waals surface area contributed by atoms with E-state index in [1.807, 2.05) is 9.80 Å². The van der Waals surface area contributed by atoms with Gasteiger partial charge in [-0.2, -0.15) is 0 Å². The quantitative estimate of drug-likeness (QED) is 0.620. The summed E-state index contributed by atoms with van der Waals surface area (Å²) >= 11 is 0. The second kappa shape index (κ2) is 6.86. The fourth-order valence-electron chi connectivity index (χ4n) is 2.90. The zero-order chi connectivity index (χ0) is 16.3. The molecule has 0 spiro atoms. The van der Waals surface area contributed by atoms with Crippen molar-refractivity contribution < 1.29 is 9.53 Å². The van der Waals surface area contributed by atoms with E-state index in [0.29, 0.717) is 19.1 Å². The van der Waals surface area contributed by atoms with E-state index in [2.05, 4.69) is 31.1 Å². The Labute approximate surface area is 133 Å². The maximum Gasteiger partial charge on any atom is 0.242 e. The minimum Gasteiger partial charge on any atom is -0.379 e. The molecule has 1 saturated heterocycles. The summed E-state index contributed by atoms with van der Waals surface area (Å²) < 4.78 is 5.56. The van der Waals surface area contributed by atoms with Crippen molar-refractivity contribution >= 4 is 11.9 Å². The van der Waals surface area contributed by atoms with Crippen LogP contribution in [0.5, 0.6) is 0 Å². The number of carbonyl (C=O) groups is 1. The van der Waals surface area contributed by atoms with Gasteiger partial charge in [0.2, 0.25) is 5.91 Å². The van der Waals surface area contributed by atoms with Crippen LogP contribution in [0.4, 0.5) is 0 Å². The molecule has 6 heteroatoms. The van der Waals surface area contributed by atoms with Crippen molar-refractivity contribution in [2.75, 3.05) is 40.3 Å². The zero-order valence-corrected chi connectivity index (χ0v) is 14.6. The van der Waals surface area contributed by atoms with E-state index in [4.69, 9.17) is 4.74 Å². The Hall–Kier alpha value is -1.30. The summed E-state index contributed by atoms with van der Waals surface area (Å²) in [5.41, 5.74) is 0.0566. The predicted molar refractivity (Wildman–Crippen MR) is 87.9 cm³/mol. The number of nitrogens with one attached hydrogen (secondary N) is 1. The van der Waals surface area contributed by atoms with Gasteiger partial charge in [-0.1, -0.05) is 20.8 Å². The van der Waals surface area contributed by atoms with Crippen molar-refractivity contribution in [1.82, 2.24) is 15.1 Å². The van der Waals surface area contributed by atoms with Crippen LogP contribution in [-0.4, -0.2) is 74.1 Å². The van der Waals surface area contributed by atoms with Crippen molar-refractivity contribution in [3.63, 3.8) is 0 Å². The molecule has 2 aliphatic rings. The topological polar surface area (TPSA) is 57.2 Å². The first kappa shape index (κ1) is 17.1. The molecular formula is C16H30N4O2. The third kappa shape index (κ3) is 4.12. The lowest BCUT2D eigenvalue weighted by Gasteiger charge is -2.37. The lowest BCUT2D eigenvalue weighted by Crippen LogP contribution is -2.56. The number of rotatable bonds is 4. The number of ether oxygens (including phenoxy) is 1. The summed E-state index contributed by atoms with van der Waals surface area (Å²) in [7, 11) is 3.50. The Balaban J connectivity index is 1.88. The van der Waals surface area contributed by atoms with Gasteiger partial charge in [0.15, 0.2) is 5.96 Å². The minimum absolute atomic E-state index is 0.0566. The normalized spacial score (nSPS) is 22.0. The Morgan fingerprint density at radius 1 is 1.41 bits per heavy atom. The molecule has 2 rings (SSSR count). The highest BCUT2D eigenvalue weighted by Gasteiger charge is 2.36. The summed E-state index contributed by atoms with van der Waals surface area (Å²) in [4.78, 5) is 20.6. The molecule has 1 heterocycles. The van der Waals surface area contributed by atoms with Crippen molar-refractivity contribution in [1.29, 1.82) is 0 Å². The molecule has 0 aromatic heterocycles. The number of amides is 1. The van der Waals surface area contributed by atoms with Crippen molar-refractivity contribution in [2.24, 2.45) is 10.4 Å². The van der Waals surface area contributed by atoms with E-state index < -0.39 is 0 Å². The molecule has 6 nitrogen and oxygen atoms in total. The lowest BCUT2D eigenvalue weighted by molar-refractivity contribution is -0.135. The average Bonchev–Trinajstić information content (AvgIpc) is 3.26. The largest absolute Gasteiger partial charge is 0.379 e. The number of carbonyl (C=O) groups excluding carboxylic acids is 1. The molecule has 1 aliphatic carbocycles. The second-order valence-electron chi connectivity index (χ2n) is 7.26. The van der Waals surface area contributed by atoms with Gasteiger partial charge in [0, 0.05) is 39.8 Å². The minimum atomic E-state index is 0.0566. The Morgan fingerprint density at radius 2 is 2.09 bits per heavy atom. The maximum atomic E-state index is 12.2. The molecule has 1 N–H and O–H groups in total. The SMILES string of the molecule is CN=C(NCC(OC)C(C)(C)C)N1CCN(C2CC2)C(=O)C1. The summed E-state index contributed by atoms with van der Waals surface area (Å²) in [6, 6.07) is 0.503. The fraction of sp³-hybridized carbons (Fsp3) is 0.875. The molecule has 1 unspecified atom stereocenters. The van der Waals surface area contributed by atoms with Gasteiger partial charge in [-0.05, 0) is 18.3 Å². The molecule has 0 aromatic carbocycles. The first-order valence-electron chi connectivity index (χ1n) is 8.14. The van der Waals surface area contributed by atoms with Crippen molar-refractivity contribution in [2.45, 2.75) is 45.8 Å². The third-order valence-corrected chi connectivity index (χ3v) is 4.45. The van der Waals surface area contributed by atoms with Crippen LogP contribution in [0.3, 0.4) is 0 Å². The first-order chi connectivity index (χ1) is 10.4. The molecule has 0 bridgehead atoms. The molecule has 1 aliphatic heterocycles. The maximum absolute atomic E-state index is 12.2. The number of piperazine rings is 1. The number of aliphatic imine (C=N–C) groups is 1. The van der Waals surface area contributed by atoms with Crippen LogP contribution in [-0.2, 0) is 9.53 Å². The van der Waals surface area contributed by atoms with Crippen molar-refractivity contribution in [3.8, 4) is 0 Å². The molecule has 0 aromatic rings. The zero-order valence-electron chi connectivity index (χ0n) is 14.6. The van der Waals surface area contributed by atoms with Gasteiger partial charge in [-0.25, -0.2) is 0 Å². The van der Waals surface area contributed by atoms with Gasteiger partial charge >= 0.3 is 0 Å². The Morgan fingerprint density at radius 3 is 2.55 bits per heavy atom. The second-order valence-corrected chi connectivity index (χ2v) is 7.26. The van der Waals surface area contributed by atoms with Crippen LogP contribution >= 0.6 is 0 Å². The fourth-order valence-corrected chi connectivity index (χ4v) is 2.90. The van der Waals surface area contributed by atoms with Gasteiger partial charge < -0.3 is 19.9 Å². The Bertz CT molecular complexity index is 426. The number of guanidine groups is 1. The van der Waals surface area contributed by atoms with E-state index >= 15 is 0 Å². The van der Waals surface area contributed by atoms with Crippen LogP contribution in [0, 0.1) is 5.41 Å². The van der Waals surface area contributed by atoms with Crippen LogP contribution in [0.2, 0.25) is 0 Å². The monoisotopic (exact) mass is 310 g/mol. The van der Waals surface area contributed by atoms with E-state index in [-0.39, 0.29) is 17.4 Å². The van der Waals surface area contributed by atoms with Gasteiger partial charge in [-0.15, -0.1) is 0 Å². The van der Waals surface area contributed by atoms with E-state index in [9.17, 15) is 4.79 Å². The molecule has 1 atom stereocenters. The molecule has 0 radical (unpaired) electrons. The summed E-state index contributed by atoms with van der Waals surface area (Å²) in [6.45, 7) is 9.22. The number of nitrogens with zero attached hydrogens (tertiary/aromatic N) is 3. The van der Waals surface area contributed by atoms with Crippen LogP contribution in [0.15, 0.2) is 4.99 Å². The van der Waals surface area contributed by atoms with E-state index in [1.165, 1.54) is 12.8 Å². The van der Waals surface area contributed by atoms with Crippen LogP contribution in [0.25, 0.3) is 0 Å². The highest BCUT2D eigenvalue weighted by atomic mass is 16.5. The molecule has 2 fully saturated rings. The highest BCUT2D eigenvalue weighted by molar-refractivity contribution is 5.88. The molecule has 1 amide bonds. The van der Waals surface area contributed by atoms with E-state index in [0.717, 1.165) is 19.0 Å². The van der Waals surface area contributed by atoms with Gasteiger partial charge in [0.25, 0.3) is 0 Å². The average molecular weight is 310 g/mol. The molecule has 126 valence electrons. The van der Waals surface area contributed by atoms with Crippen LogP contribution < -0.4 is 5.32 Å². The lowest BCUT2D eigenvalue weighted by atomic mass is 9.89. The molecule has 22 heavy (non-hydrogen) atoms. The van der Waals surface area contributed by atoms with Crippen LogP contribution in [0.1, 0.15) is 33.6 Å². The summed E-state index contributed by atoms with van der Waals surface area (Å²) in [5.74, 6) is 1.01. The van der Waals surface area contributed by atoms with E-state index in [1.54, 1.807) is 14.2 Å². The third-order valence-electron chi connectivity index (χ3n) is 4.45. The van der Waals surface area contributed by atoms with Gasteiger partial charge in [0.1, 0.15) is 0 Å². The number of hydrogen-bond acceptors (Lipinski definition) is 3. The molecule has 1 saturated carbocycles.